The summed E-state index contributed by atoms with van der Waals surface area (Å²) in [7, 11) is 1.47. The first-order chi connectivity index (χ1) is 12.2. The van der Waals surface area contributed by atoms with E-state index in [1.807, 2.05) is 30.3 Å². The smallest absolute Gasteiger partial charge is 0.289 e. The molecular weight excluding hydrogens is 320 g/mol. The van der Waals surface area contributed by atoms with Gasteiger partial charge in [0.25, 0.3) is 5.91 Å². The van der Waals surface area contributed by atoms with Crippen molar-refractivity contribution in [3.8, 4) is 22.8 Å². The van der Waals surface area contributed by atoms with Crippen LogP contribution < -0.4 is 10.2 Å². The van der Waals surface area contributed by atoms with Gasteiger partial charge in [-0.15, -0.1) is 0 Å². The van der Waals surface area contributed by atoms with Crippen LogP contribution >= 0.6 is 0 Å². The van der Waals surface area contributed by atoms with Crippen LogP contribution in [0.3, 0.4) is 0 Å². The third kappa shape index (κ3) is 3.84. The highest BCUT2D eigenvalue weighted by Gasteiger charge is 2.10. The zero-order valence-electron chi connectivity index (χ0n) is 13.4. The molecule has 1 heterocycles. The van der Waals surface area contributed by atoms with Crippen molar-refractivity contribution in [1.82, 2.24) is 15.6 Å². The summed E-state index contributed by atoms with van der Waals surface area (Å²) in [5.41, 5.74) is 4.91. The molecule has 126 valence electrons. The van der Waals surface area contributed by atoms with Crippen molar-refractivity contribution in [2.24, 2.45) is 5.10 Å². The molecule has 3 aromatic rings. The van der Waals surface area contributed by atoms with Gasteiger partial charge in [-0.2, -0.15) is 10.2 Å². The Morgan fingerprint density at radius 2 is 2.04 bits per heavy atom. The number of phenols is 1. The van der Waals surface area contributed by atoms with E-state index in [4.69, 9.17) is 4.74 Å². The number of hydrogen-bond donors (Lipinski definition) is 3. The maximum absolute atomic E-state index is 12.1. The molecule has 1 aromatic heterocycles. The molecule has 0 aliphatic carbocycles. The molecule has 0 spiro atoms. The van der Waals surface area contributed by atoms with Crippen LogP contribution in [-0.4, -0.2) is 34.5 Å². The molecule has 25 heavy (non-hydrogen) atoms. The van der Waals surface area contributed by atoms with Crippen molar-refractivity contribution < 1.29 is 14.6 Å². The van der Waals surface area contributed by atoms with E-state index < -0.39 is 5.91 Å². The second kappa shape index (κ2) is 7.31. The maximum atomic E-state index is 12.1. The Hall–Kier alpha value is -3.61. The van der Waals surface area contributed by atoms with Crippen molar-refractivity contribution in [2.45, 2.75) is 0 Å². The van der Waals surface area contributed by atoms with E-state index in [-0.39, 0.29) is 5.75 Å². The quantitative estimate of drug-likeness (QED) is 0.492. The van der Waals surface area contributed by atoms with Crippen LogP contribution in [0.25, 0.3) is 11.3 Å². The number of rotatable bonds is 5. The van der Waals surface area contributed by atoms with Gasteiger partial charge in [-0.25, -0.2) is 5.43 Å². The second-order valence-electron chi connectivity index (χ2n) is 5.16. The third-order valence-electron chi connectivity index (χ3n) is 3.47. The van der Waals surface area contributed by atoms with Crippen molar-refractivity contribution >= 4 is 12.1 Å². The number of carbonyl (C=O) groups is 1. The topological polar surface area (TPSA) is 99.6 Å². The first-order valence-corrected chi connectivity index (χ1v) is 7.48. The Morgan fingerprint density at radius 3 is 2.76 bits per heavy atom. The fourth-order valence-corrected chi connectivity index (χ4v) is 2.21. The number of aromatic amines is 1. The number of nitrogens with zero attached hydrogens (tertiary/aromatic N) is 2. The Bertz CT molecular complexity index is 904. The van der Waals surface area contributed by atoms with E-state index in [1.54, 1.807) is 18.2 Å². The van der Waals surface area contributed by atoms with Crippen LogP contribution in [0.5, 0.6) is 11.5 Å². The molecule has 0 fully saturated rings. The summed E-state index contributed by atoms with van der Waals surface area (Å²) in [6.07, 6.45) is 1.42. The standard InChI is InChI=1S/C18H16N4O3/c1-25-17-8-7-12(9-16(17)23)11-19-22-18(24)15-10-14(20-21-15)13-5-3-2-4-6-13/h2-11,23H,1H3,(H,20,21)(H,22,24)/b19-11-. The normalized spacial score (nSPS) is 10.8. The van der Waals surface area contributed by atoms with Gasteiger partial charge < -0.3 is 9.84 Å². The maximum Gasteiger partial charge on any atom is 0.289 e. The van der Waals surface area contributed by atoms with Gasteiger partial charge in [0.1, 0.15) is 5.69 Å². The van der Waals surface area contributed by atoms with Gasteiger partial charge in [0.2, 0.25) is 0 Å². The number of aromatic nitrogens is 2. The highest BCUT2D eigenvalue weighted by atomic mass is 16.5. The minimum Gasteiger partial charge on any atom is -0.504 e. The van der Waals surface area contributed by atoms with Crippen LogP contribution in [0.1, 0.15) is 16.1 Å². The number of phenolic OH excluding ortho intramolecular Hbond substituents is 1. The minimum absolute atomic E-state index is 0.00107. The number of hydrazone groups is 1. The lowest BCUT2D eigenvalue weighted by Crippen LogP contribution is -2.17. The summed E-state index contributed by atoms with van der Waals surface area (Å²) >= 11 is 0. The van der Waals surface area contributed by atoms with E-state index >= 15 is 0 Å². The van der Waals surface area contributed by atoms with Gasteiger partial charge in [-0.3, -0.25) is 9.89 Å². The molecule has 7 heteroatoms. The minimum atomic E-state index is -0.413. The predicted octanol–water partition coefficient (Wildman–Crippen LogP) is 2.55. The first kappa shape index (κ1) is 16.3. The predicted molar refractivity (Wildman–Crippen MR) is 93.7 cm³/mol. The van der Waals surface area contributed by atoms with Crippen molar-refractivity contribution in [3.05, 3.63) is 65.9 Å². The van der Waals surface area contributed by atoms with E-state index in [0.717, 1.165) is 5.56 Å². The molecule has 1 amide bonds. The van der Waals surface area contributed by atoms with Crippen LogP contribution in [0.15, 0.2) is 59.7 Å². The van der Waals surface area contributed by atoms with Gasteiger partial charge >= 0.3 is 0 Å². The third-order valence-corrected chi connectivity index (χ3v) is 3.47. The number of aromatic hydroxyl groups is 1. The molecular formula is C18H16N4O3. The highest BCUT2D eigenvalue weighted by molar-refractivity contribution is 5.94. The van der Waals surface area contributed by atoms with E-state index in [9.17, 15) is 9.90 Å². The lowest BCUT2D eigenvalue weighted by Gasteiger charge is -2.03. The van der Waals surface area contributed by atoms with Crippen LogP contribution in [0.4, 0.5) is 0 Å². The van der Waals surface area contributed by atoms with Crippen LogP contribution in [-0.2, 0) is 0 Å². The summed E-state index contributed by atoms with van der Waals surface area (Å²) < 4.78 is 4.96. The zero-order valence-corrected chi connectivity index (χ0v) is 13.4. The fraction of sp³-hybridized carbons (Fsp3) is 0.0556. The molecule has 0 bridgehead atoms. The largest absolute Gasteiger partial charge is 0.504 e. The molecule has 0 unspecified atom stereocenters. The summed E-state index contributed by atoms with van der Waals surface area (Å²) in [4.78, 5) is 12.1. The van der Waals surface area contributed by atoms with E-state index in [2.05, 4.69) is 20.7 Å². The lowest BCUT2D eigenvalue weighted by molar-refractivity contribution is 0.0950. The zero-order chi connectivity index (χ0) is 17.6. The number of hydrogen-bond acceptors (Lipinski definition) is 5. The Morgan fingerprint density at radius 1 is 1.24 bits per heavy atom. The average Bonchev–Trinajstić information content (AvgIpc) is 3.13. The molecule has 3 rings (SSSR count). The van der Waals surface area contributed by atoms with Gasteiger partial charge in [-0.05, 0) is 29.8 Å². The number of ether oxygens (including phenoxy) is 1. The molecule has 0 saturated heterocycles. The number of methoxy groups -OCH3 is 1. The number of amides is 1. The van der Waals surface area contributed by atoms with Crippen molar-refractivity contribution in [3.63, 3.8) is 0 Å². The number of H-pyrrole nitrogens is 1. The number of benzene rings is 2. The monoisotopic (exact) mass is 336 g/mol. The second-order valence-corrected chi connectivity index (χ2v) is 5.16. The summed E-state index contributed by atoms with van der Waals surface area (Å²) in [5, 5.41) is 20.4. The van der Waals surface area contributed by atoms with Crippen molar-refractivity contribution in [1.29, 1.82) is 0 Å². The fourth-order valence-electron chi connectivity index (χ4n) is 2.21. The molecule has 0 aliphatic heterocycles. The SMILES string of the molecule is COc1ccc(/C=N\NC(=O)c2cc(-c3ccccc3)n[nH]2)cc1O. The van der Waals surface area contributed by atoms with Gasteiger partial charge in [0.15, 0.2) is 11.5 Å². The first-order valence-electron chi connectivity index (χ1n) is 7.48. The van der Waals surface area contributed by atoms with Crippen LogP contribution in [0, 0.1) is 0 Å². The van der Waals surface area contributed by atoms with Gasteiger partial charge in [0, 0.05) is 5.56 Å². The van der Waals surface area contributed by atoms with Gasteiger partial charge in [-0.1, -0.05) is 30.3 Å². The summed E-state index contributed by atoms with van der Waals surface area (Å²) in [5.74, 6) is -0.0467. The van der Waals surface area contributed by atoms with Crippen molar-refractivity contribution in [2.75, 3.05) is 7.11 Å². The molecule has 7 nitrogen and oxygen atoms in total. The van der Waals surface area contributed by atoms with Gasteiger partial charge in [0.05, 0.1) is 19.0 Å². The average molecular weight is 336 g/mol. The Balaban J connectivity index is 1.65. The van der Waals surface area contributed by atoms with E-state index in [0.29, 0.717) is 22.7 Å². The number of nitrogens with one attached hydrogen (secondary N) is 2. The highest BCUT2D eigenvalue weighted by Crippen LogP contribution is 2.25. The molecule has 0 aliphatic rings. The molecule has 3 N–H and O–H groups in total. The summed E-state index contributed by atoms with van der Waals surface area (Å²) in [6, 6.07) is 16.0. The Labute approximate surface area is 144 Å². The summed E-state index contributed by atoms with van der Waals surface area (Å²) in [6.45, 7) is 0. The number of carbonyl (C=O) groups excluding carboxylic acids is 1. The van der Waals surface area contributed by atoms with Crippen LogP contribution in [0.2, 0.25) is 0 Å². The van der Waals surface area contributed by atoms with E-state index in [1.165, 1.54) is 19.4 Å². The molecule has 0 radical (unpaired) electrons. The lowest BCUT2D eigenvalue weighted by atomic mass is 10.1. The molecule has 2 aromatic carbocycles. The Kier molecular flexibility index (Phi) is 4.75. The molecule has 0 saturated carbocycles. The molecule has 0 atom stereocenters.